The number of piperazine rings is 1. The third kappa shape index (κ3) is 3.60. The molecule has 8 heteroatoms. The Labute approximate surface area is 197 Å². The van der Waals surface area contributed by atoms with Gasteiger partial charge in [0.1, 0.15) is 0 Å². The van der Waals surface area contributed by atoms with Gasteiger partial charge in [0.05, 0.1) is 12.6 Å². The fraction of sp³-hybridized carbons (Fsp3) is 0.360. The van der Waals surface area contributed by atoms with Gasteiger partial charge in [-0.15, -0.1) is 0 Å². The zero-order valence-corrected chi connectivity index (χ0v) is 19.4. The maximum absolute atomic E-state index is 11.0. The molecule has 2 bridgehead atoms. The Bertz CT molecular complexity index is 1330. The Hall–Kier alpha value is -2.87. The minimum absolute atomic E-state index is 0.0421. The SMILES string of the molecule is Cc1cc(-c2noc(CN3C[C@@H]4C[C@H]3CN4)n2)cc2cn([C@@H](C)c3ccc(Cl)cc3)c(O)c12. The summed E-state index contributed by atoms with van der Waals surface area (Å²) in [5.41, 5.74) is 2.92. The van der Waals surface area contributed by atoms with Crippen molar-refractivity contribution in [3.8, 4) is 17.3 Å². The van der Waals surface area contributed by atoms with Crippen LogP contribution in [0.2, 0.25) is 5.02 Å². The molecule has 0 unspecified atom stereocenters. The monoisotopic (exact) mass is 463 g/mol. The smallest absolute Gasteiger partial charge is 0.241 e. The van der Waals surface area contributed by atoms with Crippen molar-refractivity contribution in [1.29, 1.82) is 0 Å². The van der Waals surface area contributed by atoms with Gasteiger partial charge in [-0.1, -0.05) is 28.9 Å². The number of rotatable bonds is 5. The summed E-state index contributed by atoms with van der Waals surface area (Å²) in [7, 11) is 0. The summed E-state index contributed by atoms with van der Waals surface area (Å²) >= 11 is 6.04. The summed E-state index contributed by atoms with van der Waals surface area (Å²) in [4.78, 5) is 7.09. The highest BCUT2D eigenvalue weighted by atomic mass is 35.5. The van der Waals surface area contributed by atoms with E-state index in [2.05, 4.69) is 27.3 Å². The minimum Gasteiger partial charge on any atom is -0.494 e. The first-order chi connectivity index (χ1) is 16.0. The molecule has 4 aromatic rings. The van der Waals surface area contributed by atoms with E-state index < -0.39 is 0 Å². The van der Waals surface area contributed by atoms with E-state index in [4.69, 9.17) is 16.1 Å². The molecule has 0 spiro atoms. The quantitative estimate of drug-likeness (QED) is 0.453. The largest absolute Gasteiger partial charge is 0.494 e. The molecule has 7 nitrogen and oxygen atoms in total. The standard InChI is InChI=1S/C25H26ClN5O2/c1-14-7-17(24-28-22(33-29-24)13-30-12-20-9-21(30)10-27-20)8-18-11-31(25(32)23(14)18)15(2)16-3-5-19(26)6-4-16/h3-8,11,15,20-21,27,32H,9-10,12-13H2,1-2H3/t15-,20-,21-/m0/s1. The second-order valence-corrected chi connectivity index (χ2v) is 9.72. The Morgan fingerprint density at radius 1 is 1.27 bits per heavy atom. The summed E-state index contributed by atoms with van der Waals surface area (Å²) in [5.74, 6) is 1.48. The Morgan fingerprint density at radius 2 is 2.09 bits per heavy atom. The highest BCUT2D eigenvalue weighted by Crippen LogP contribution is 2.37. The summed E-state index contributed by atoms with van der Waals surface area (Å²) in [6.45, 7) is 6.82. The number of benzene rings is 2. The molecule has 6 rings (SSSR count). The van der Waals surface area contributed by atoms with E-state index in [-0.39, 0.29) is 11.9 Å². The first-order valence-electron chi connectivity index (χ1n) is 11.4. The van der Waals surface area contributed by atoms with Crippen molar-refractivity contribution in [2.75, 3.05) is 13.1 Å². The number of nitrogens with one attached hydrogen (secondary N) is 1. The number of halogens is 1. The lowest BCUT2D eigenvalue weighted by Gasteiger charge is -2.25. The van der Waals surface area contributed by atoms with E-state index >= 15 is 0 Å². The van der Waals surface area contributed by atoms with E-state index in [0.717, 1.165) is 40.6 Å². The highest BCUT2D eigenvalue weighted by molar-refractivity contribution is 6.30. The minimum atomic E-state index is -0.0421. The van der Waals surface area contributed by atoms with Crippen LogP contribution in [0, 0.1) is 6.92 Å². The number of aryl methyl sites for hydroxylation is 1. The van der Waals surface area contributed by atoms with E-state index in [1.165, 1.54) is 6.42 Å². The number of fused-ring (bicyclic) bond motifs is 3. The number of aromatic nitrogens is 3. The Balaban J connectivity index is 1.30. The van der Waals surface area contributed by atoms with Crippen molar-refractivity contribution < 1.29 is 9.63 Å². The lowest BCUT2D eigenvalue weighted by atomic mass is 10.1. The zero-order chi connectivity index (χ0) is 22.7. The molecule has 33 heavy (non-hydrogen) atoms. The molecular weight excluding hydrogens is 438 g/mol. The highest BCUT2D eigenvalue weighted by Gasteiger charge is 2.38. The molecule has 2 saturated heterocycles. The van der Waals surface area contributed by atoms with Crippen molar-refractivity contribution in [3.63, 3.8) is 0 Å². The number of likely N-dealkylation sites (tertiary alicyclic amines) is 1. The first-order valence-corrected chi connectivity index (χ1v) is 11.7. The molecule has 0 saturated carbocycles. The molecule has 0 amide bonds. The van der Waals surface area contributed by atoms with Gasteiger partial charge in [-0.05, 0) is 55.7 Å². The van der Waals surface area contributed by atoms with Gasteiger partial charge in [0, 0.05) is 52.7 Å². The van der Waals surface area contributed by atoms with Crippen molar-refractivity contribution in [2.45, 2.75) is 44.9 Å². The Kier molecular flexibility index (Phi) is 4.94. The summed E-state index contributed by atoms with van der Waals surface area (Å²) < 4.78 is 7.48. The predicted octanol–water partition coefficient (Wildman–Crippen LogP) is 4.51. The van der Waals surface area contributed by atoms with Gasteiger partial charge < -0.3 is 19.5 Å². The molecule has 3 atom stereocenters. The fourth-order valence-corrected chi connectivity index (χ4v) is 5.46. The maximum Gasteiger partial charge on any atom is 0.241 e. The van der Waals surface area contributed by atoms with E-state index in [1.807, 2.05) is 54.1 Å². The van der Waals surface area contributed by atoms with Gasteiger partial charge in [-0.2, -0.15) is 4.98 Å². The van der Waals surface area contributed by atoms with Gasteiger partial charge >= 0.3 is 0 Å². The maximum atomic E-state index is 11.0. The van der Waals surface area contributed by atoms with Crippen LogP contribution in [0.1, 0.15) is 36.4 Å². The third-order valence-electron chi connectivity index (χ3n) is 7.12. The van der Waals surface area contributed by atoms with E-state index in [9.17, 15) is 5.11 Å². The molecule has 2 aromatic carbocycles. The molecule has 0 aliphatic carbocycles. The summed E-state index contributed by atoms with van der Waals surface area (Å²) in [6.07, 6.45) is 3.18. The lowest BCUT2D eigenvalue weighted by molar-refractivity contribution is 0.190. The van der Waals surface area contributed by atoms with Gasteiger partial charge in [-0.3, -0.25) is 4.90 Å². The normalized spacial score (nSPS) is 21.3. The molecule has 2 N–H and O–H groups in total. The van der Waals surface area contributed by atoms with Gasteiger partial charge in [0.25, 0.3) is 0 Å². The van der Waals surface area contributed by atoms with E-state index in [0.29, 0.717) is 35.4 Å². The van der Waals surface area contributed by atoms with Crippen molar-refractivity contribution in [1.82, 2.24) is 24.9 Å². The molecular formula is C25H26ClN5O2. The molecule has 2 aliphatic heterocycles. The molecule has 170 valence electrons. The van der Waals surface area contributed by atoms with Crippen LogP contribution >= 0.6 is 11.6 Å². The van der Waals surface area contributed by atoms with Gasteiger partial charge in [0.2, 0.25) is 11.7 Å². The average molecular weight is 464 g/mol. The first kappa shape index (κ1) is 20.7. The lowest BCUT2D eigenvalue weighted by Crippen LogP contribution is -2.43. The molecule has 0 radical (unpaired) electrons. The van der Waals surface area contributed by atoms with Crippen LogP contribution in [0.15, 0.2) is 47.1 Å². The average Bonchev–Trinajstić information content (AvgIpc) is 3.58. The second-order valence-electron chi connectivity index (χ2n) is 9.28. The molecule has 2 aromatic heterocycles. The molecule has 2 aliphatic rings. The van der Waals surface area contributed by atoms with Crippen LogP contribution in [0.25, 0.3) is 22.2 Å². The van der Waals surface area contributed by atoms with Crippen LogP contribution in [-0.4, -0.2) is 49.9 Å². The van der Waals surface area contributed by atoms with Crippen LogP contribution in [0.5, 0.6) is 5.88 Å². The predicted molar refractivity (Wildman–Crippen MR) is 128 cm³/mol. The van der Waals surface area contributed by atoms with Crippen LogP contribution in [0.4, 0.5) is 0 Å². The van der Waals surface area contributed by atoms with Crippen LogP contribution in [0.3, 0.4) is 0 Å². The number of hydrogen-bond acceptors (Lipinski definition) is 6. The number of aromatic hydroxyl groups is 1. The van der Waals surface area contributed by atoms with Crippen molar-refractivity contribution in [3.05, 3.63) is 64.6 Å². The van der Waals surface area contributed by atoms with Crippen LogP contribution in [-0.2, 0) is 6.54 Å². The Morgan fingerprint density at radius 3 is 2.82 bits per heavy atom. The van der Waals surface area contributed by atoms with Crippen molar-refractivity contribution in [2.24, 2.45) is 0 Å². The zero-order valence-electron chi connectivity index (χ0n) is 18.6. The van der Waals surface area contributed by atoms with Gasteiger partial charge in [0.15, 0.2) is 5.88 Å². The second kappa shape index (κ2) is 7.87. The summed E-state index contributed by atoms with van der Waals surface area (Å²) in [5, 5.41) is 21.3. The molecule has 4 heterocycles. The van der Waals surface area contributed by atoms with Gasteiger partial charge in [-0.25, -0.2) is 0 Å². The van der Waals surface area contributed by atoms with Crippen LogP contribution < -0.4 is 5.32 Å². The van der Waals surface area contributed by atoms with E-state index in [1.54, 1.807) is 0 Å². The third-order valence-corrected chi connectivity index (χ3v) is 7.37. The number of nitrogens with zero attached hydrogens (tertiary/aromatic N) is 4. The number of hydrogen-bond donors (Lipinski definition) is 2. The fourth-order valence-electron chi connectivity index (χ4n) is 5.34. The van der Waals surface area contributed by atoms with Crippen molar-refractivity contribution >= 4 is 22.4 Å². The molecule has 2 fully saturated rings. The summed E-state index contributed by atoms with van der Waals surface area (Å²) in [6, 6.07) is 12.8. The topological polar surface area (TPSA) is 79.4 Å².